The lowest BCUT2D eigenvalue weighted by atomic mass is 9.55. The van der Waals surface area contributed by atoms with Gasteiger partial charge in [-0.25, -0.2) is 0 Å². The summed E-state index contributed by atoms with van der Waals surface area (Å²) in [6.45, 7) is 4.79. The average molecular weight is 769 g/mol. The van der Waals surface area contributed by atoms with Gasteiger partial charge in [-0.2, -0.15) is 0 Å². The Balaban J connectivity index is 1.06. The number of hydrogen-bond acceptors (Lipinski definition) is 2. The predicted octanol–water partition coefficient (Wildman–Crippen LogP) is 14.0. The molecule has 1 spiro atoms. The van der Waals surface area contributed by atoms with Crippen molar-refractivity contribution in [3.8, 4) is 33.4 Å². The Morgan fingerprint density at radius 2 is 0.850 bits per heavy atom. The van der Waals surface area contributed by atoms with Crippen LogP contribution in [0.5, 0.6) is 0 Å². The molecule has 0 amide bonds. The van der Waals surface area contributed by atoms with Crippen molar-refractivity contribution >= 4 is 16.5 Å². The van der Waals surface area contributed by atoms with E-state index in [1.807, 2.05) is 0 Å². The topological polar surface area (TPSA) is 15.3 Å². The van der Waals surface area contributed by atoms with Gasteiger partial charge in [0.1, 0.15) is 12.3 Å². The highest BCUT2D eigenvalue weighted by molar-refractivity contribution is 6.03. The minimum absolute atomic E-state index is 0.0819. The molecule has 1 fully saturated rings. The molecule has 1 heterocycles. The van der Waals surface area contributed by atoms with Crippen molar-refractivity contribution in [2.45, 2.75) is 37.0 Å². The zero-order chi connectivity index (χ0) is 40.0. The largest absolute Gasteiger partial charge is 0.332 e. The lowest BCUT2D eigenvalue weighted by Crippen LogP contribution is -2.57. The Bertz CT molecular complexity index is 3010. The van der Waals surface area contributed by atoms with Gasteiger partial charge >= 0.3 is 0 Å². The van der Waals surface area contributed by atoms with Gasteiger partial charge in [-0.3, -0.25) is 5.32 Å². The zero-order valence-corrected chi connectivity index (χ0v) is 33.8. The fourth-order valence-electron chi connectivity index (χ4n) is 11.1. The van der Waals surface area contributed by atoms with Crippen molar-refractivity contribution in [2.24, 2.45) is 0 Å². The van der Waals surface area contributed by atoms with Gasteiger partial charge in [-0.05, 0) is 113 Å². The minimum Gasteiger partial charge on any atom is -0.332 e. The van der Waals surface area contributed by atoms with Gasteiger partial charge in [0.15, 0.2) is 0 Å². The van der Waals surface area contributed by atoms with Crippen LogP contribution in [0.3, 0.4) is 0 Å². The maximum Gasteiger partial charge on any atom is 0.109 e. The summed E-state index contributed by atoms with van der Waals surface area (Å²) in [5, 5.41) is 6.34. The third-order valence-electron chi connectivity index (χ3n) is 13.8. The van der Waals surface area contributed by atoms with E-state index in [1.54, 1.807) is 0 Å². The summed E-state index contributed by atoms with van der Waals surface area (Å²) in [5.41, 5.74) is 19.0. The van der Waals surface area contributed by atoms with Crippen molar-refractivity contribution in [3.05, 3.63) is 257 Å². The lowest BCUT2D eigenvalue weighted by molar-refractivity contribution is 0.276. The van der Waals surface area contributed by atoms with E-state index in [1.165, 1.54) is 94.3 Å². The molecule has 2 aliphatic carbocycles. The van der Waals surface area contributed by atoms with E-state index < -0.39 is 5.41 Å². The molecule has 0 bridgehead atoms. The van der Waals surface area contributed by atoms with Crippen LogP contribution < -0.4 is 10.2 Å². The van der Waals surface area contributed by atoms with Crippen LogP contribution in [0.1, 0.15) is 70.7 Å². The number of fused-ring (bicyclic) bond motifs is 10. The first kappa shape index (κ1) is 35.0. The van der Waals surface area contributed by atoms with Gasteiger partial charge < -0.3 is 4.90 Å². The van der Waals surface area contributed by atoms with E-state index in [4.69, 9.17) is 0 Å². The summed E-state index contributed by atoms with van der Waals surface area (Å²) >= 11 is 0. The predicted molar refractivity (Wildman–Crippen MR) is 248 cm³/mol. The average Bonchev–Trinajstić information content (AvgIpc) is 3.60. The number of nitrogens with zero attached hydrogens (tertiary/aromatic N) is 1. The third-order valence-corrected chi connectivity index (χ3v) is 13.8. The van der Waals surface area contributed by atoms with Gasteiger partial charge in [0.2, 0.25) is 0 Å². The van der Waals surface area contributed by atoms with Crippen LogP contribution in [-0.2, 0) is 10.8 Å². The molecule has 0 saturated carbocycles. The molecule has 2 nitrogen and oxygen atoms in total. The minimum atomic E-state index is -0.445. The summed E-state index contributed by atoms with van der Waals surface area (Å²) in [7, 11) is 0. The molecule has 1 N–H and O–H groups in total. The molecule has 2 unspecified atom stereocenters. The molecule has 2 heteroatoms. The summed E-state index contributed by atoms with van der Waals surface area (Å²) in [4.78, 5) is 2.51. The molecule has 0 aromatic heterocycles. The van der Waals surface area contributed by atoms with Gasteiger partial charge in [-0.1, -0.05) is 202 Å². The number of nitrogens with one attached hydrogen (secondary N) is 1. The van der Waals surface area contributed by atoms with Gasteiger partial charge in [0.05, 0.1) is 5.41 Å². The Hall–Kier alpha value is -7.00. The number of benzene rings is 9. The Morgan fingerprint density at radius 1 is 0.383 bits per heavy atom. The van der Waals surface area contributed by atoms with Crippen LogP contribution in [0.15, 0.2) is 212 Å². The van der Waals surface area contributed by atoms with Crippen LogP contribution in [0.2, 0.25) is 0 Å². The summed E-state index contributed by atoms with van der Waals surface area (Å²) < 4.78 is 0. The molecule has 1 aliphatic heterocycles. The van der Waals surface area contributed by atoms with Crippen LogP contribution in [0, 0.1) is 0 Å². The summed E-state index contributed by atoms with van der Waals surface area (Å²) in [6, 6.07) is 79.2. The molecular formula is C58H44N2. The standard InChI is InChI=1S/C58H44N2/c1-57(2)49-27-13-15-29-51(49)58(52-30-16-14-28-50(52)57)48-26-12-11-24-45(48)54-44(25-17-31-53(54)58)47-37-42-23-10-9-22-41(42)36-46(47)38-32-34-43(35-33-38)60-55(39-18-5-3-6-19-39)59-56(60)40-20-7-4-8-21-40/h3-37,55-56,59H,1-2H3. The third kappa shape index (κ3) is 4.92. The molecule has 12 rings (SSSR count). The van der Waals surface area contributed by atoms with Gasteiger partial charge in [0.25, 0.3) is 0 Å². The number of hydrogen-bond donors (Lipinski definition) is 1. The van der Waals surface area contributed by atoms with Crippen LogP contribution in [0.25, 0.3) is 44.2 Å². The highest BCUT2D eigenvalue weighted by Crippen LogP contribution is 2.63. The summed E-state index contributed by atoms with van der Waals surface area (Å²) in [5.74, 6) is 0. The lowest BCUT2D eigenvalue weighted by Gasteiger charge is -2.51. The maximum atomic E-state index is 3.86. The molecule has 286 valence electrons. The first-order valence-electron chi connectivity index (χ1n) is 21.2. The first-order chi connectivity index (χ1) is 29.5. The smallest absolute Gasteiger partial charge is 0.109 e. The normalized spacial score (nSPS) is 17.7. The molecular weight excluding hydrogens is 725 g/mol. The molecule has 2 atom stereocenters. The maximum absolute atomic E-state index is 3.86. The molecule has 60 heavy (non-hydrogen) atoms. The highest BCUT2D eigenvalue weighted by Gasteiger charge is 2.53. The van der Waals surface area contributed by atoms with Crippen molar-refractivity contribution in [3.63, 3.8) is 0 Å². The zero-order valence-electron chi connectivity index (χ0n) is 33.8. The second-order valence-electron chi connectivity index (χ2n) is 17.2. The molecule has 0 radical (unpaired) electrons. The van der Waals surface area contributed by atoms with E-state index in [9.17, 15) is 0 Å². The van der Waals surface area contributed by atoms with Crippen molar-refractivity contribution < 1.29 is 0 Å². The first-order valence-corrected chi connectivity index (χ1v) is 21.2. The van der Waals surface area contributed by atoms with E-state index >= 15 is 0 Å². The molecule has 9 aromatic carbocycles. The SMILES string of the molecule is CC1(C)c2ccccc2C2(c3ccccc3-c3c(-c4cc5ccccc5cc4-c4ccc(N5C(c6ccccc6)NC5c5ccccc5)cc4)cccc32)c2ccccc21. The van der Waals surface area contributed by atoms with E-state index in [0.29, 0.717) is 0 Å². The Labute approximate surface area is 352 Å². The fourth-order valence-corrected chi connectivity index (χ4v) is 11.1. The Morgan fingerprint density at radius 3 is 1.45 bits per heavy atom. The second kappa shape index (κ2) is 13.3. The van der Waals surface area contributed by atoms with Crippen LogP contribution in [0.4, 0.5) is 5.69 Å². The fraction of sp³-hybridized carbons (Fsp3) is 0.103. The van der Waals surface area contributed by atoms with Crippen molar-refractivity contribution in [2.75, 3.05) is 4.90 Å². The number of anilines is 1. The van der Waals surface area contributed by atoms with Crippen molar-refractivity contribution in [1.29, 1.82) is 0 Å². The van der Waals surface area contributed by atoms with Gasteiger partial charge in [-0.15, -0.1) is 0 Å². The molecule has 1 saturated heterocycles. The number of rotatable bonds is 5. The van der Waals surface area contributed by atoms with Crippen molar-refractivity contribution in [1.82, 2.24) is 5.32 Å². The van der Waals surface area contributed by atoms with Crippen LogP contribution in [-0.4, -0.2) is 0 Å². The quantitative estimate of drug-likeness (QED) is 0.188. The second-order valence-corrected chi connectivity index (χ2v) is 17.2. The summed E-state index contributed by atoms with van der Waals surface area (Å²) in [6.07, 6.45) is 0.164. The monoisotopic (exact) mass is 768 g/mol. The highest BCUT2D eigenvalue weighted by atomic mass is 15.5. The Kier molecular flexibility index (Phi) is 7.73. The van der Waals surface area contributed by atoms with E-state index in [2.05, 4.69) is 236 Å². The van der Waals surface area contributed by atoms with E-state index in [0.717, 1.165) is 0 Å². The molecule has 9 aromatic rings. The molecule has 3 aliphatic rings. The van der Waals surface area contributed by atoms with Gasteiger partial charge in [0, 0.05) is 11.1 Å². The van der Waals surface area contributed by atoms with Crippen LogP contribution >= 0.6 is 0 Å². The van der Waals surface area contributed by atoms with E-state index in [-0.39, 0.29) is 17.7 Å².